The van der Waals surface area contributed by atoms with Gasteiger partial charge in [-0.2, -0.15) is 0 Å². The molecule has 0 fully saturated rings. The first kappa shape index (κ1) is 30.6. The van der Waals surface area contributed by atoms with E-state index in [-0.39, 0.29) is 21.6 Å². The number of ether oxygens (including phenoxy) is 2. The Labute approximate surface area is 253 Å². The molecule has 3 aromatic carbocycles. The van der Waals surface area contributed by atoms with Gasteiger partial charge in [-0.05, 0) is 40.4 Å². The van der Waals surface area contributed by atoms with Gasteiger partial charge in [0.25, 0.3) is 14.9 Å². The van der Waals surface area contributed by atoms with E-state index in [0.29, 0.717) is 35.8 Å². The summed E-state index contributed by atoms with van der Waals surface area (Å²) in [5, 5.41) is 5.56. The molecule has 4 rings (SSSR count). The van der Waals surface area contributed by atoms with Gasteiger partial charge in [-0.15, -0.1) is 0 Å². The van der Waals surface area contributed by atoms with E-state index in [1.807, 2.05) is 36.4 Å². The average molecular weight is 609 g/mol. The van der Waals surface area contributed by atoms with Gasteiger partial charge >= 0.3 is 0 Å². The third-order valence-corrected chi connectivity index (χ3v) is 8.88. The summed E-state index contributed by atoms with van der Waals surface area (Å²) in [6.07, 6.45) is 3.25. The van der Waals surface area contributed by atoms with Crippen LogP contribution in [-0.2, 0) is 4.43 Å². The van der Waals surface area contributed by atoms with Gasteiger partial charge in [-0.3, -0.25) is 9.78 Å². The second-order valence-corrected chi connectivity index (χ2v) is 13.6. The van der Waals surface area contributed by atoms with Gasteiger partial charge in [-0.1, -0.05) is 105 Å². The molecule has 0 aliphatic carbocycles. The van der Waals surface area contributed by atoms with E-state index in [2.05, 4.69) is 55.3 Å². The zero-order valence-corrected chi connectivity index (χ0v) is 26.0. The number of hydrogen-bond acceptors (Lipinski definition) is 5. The van der Waals surface area contributed by atoms with Crippen molar-refractivity contribution in [1.82, 2.24) is 4.98 Å². The maximum atomic E-state index is 13.1. The molecule has 1 amide bonds. The van der Waals surface area contributed by atoms with Gasteiger partial charge in [0.15, 0.2) is 11.5 Å². The van der Waals surface area contributed by atoms with E-state index >= 15 is 0 Å². The number of halogens is 2. The first-order valence-electron chi connectivity index (χ1n) is 13.2. The second-order valence-electron chi connectivity index (χ2n) is 10.7. The molecule has 4 aromatic rings. The van der Waals surface area contributed by atoms with E-state index in [1.165, 1.54) is 12.4 Å². The first-order chi connectivity index (χ1) is 19.6. The number of benzene rings is 3. The molecule has 0 saturated carbocycles. The van der Waals surface area contributed by atoms with Crippen molar-refractivity contribution in [2.24, 2.45) is 5.41 Å². The Morgan fingerprint density at radius 2 is 1.49 bits per heavy atom. The third kappa shape index (κ3) is 8.56. The molecule has 0 aliphatic heterocycles. The lowest BCUT2D eigenvalue weighted by molar-refractivity contribution is 0.0885. The van der Waals surface area contributed by atoms with E-state index in [1.54, 1.807) is 25.3 Å². The van der Waals surface area contributed by atoms with Crippen LogP contribution in [0.5, 0.6) is 11.5 Å². The van der Waals surface area contributed by atoms with E-state index < -0.39 is 14.9 Å². The van der Waals surface area contributed by atoms with Crippen molar-refractivity contribution in [3.8, 4) is 11.5 Å². The topological polar surface area (TPSA) is 69.7 Å². The minimum atomic E-state index is -1.53. The average Bonchev–Trinajstić information content (AvgIpc) is 2.95. The molecule has 1 heterocycles. The van der Waals surface area contributed by atoms with Crippen molar-refractivity contribution in [3.05, 3.63) is 107 Å². The van der Waals surface area contributed by atoms with Crippen LogP contribution < -0.4 is 25.2 Å². The minimum Gasteiger partial charge on any atom is -0.493 e. The highest BCUT2D eigenvalue weighted by Crippen LogP contribution is 2.33. The normalized spacial score (nSPS) is 12.2. The molecule has 0 saturated heterocycles. The summed E-state index contributed by atoms with van der Waals surface area (Å²) >= 11 is 12.4. The Balaban J connectivity index is 1.59. The molecule has 9 heteroatoms. The predicted octanol–water partition coefficient (Wildman–Crippen LogP) is 6.66. The van der Waals surface area contributed by atoms with Crippen LogP contribution in [0, 0.1) is 5.41 Å². The molecular formula is C32H33Cl2N2O4Si. The maximum absolute atomic E-state index is 13.1. The number of pyridine rings is 1. The Morgan fingerprint density at radius 3 is 2.02 bits per heavy atom. The number of nitrogens with zero attached hydrogens (tertiary/aromatic N) is 1. The zero-order chi connectivity index (χ0) is 29.4. The summed E-state index contributed by atoms with van der Waals surface area (Å²) in [5.74, 6) is 0.560. The predicted molar refractivity (Wildman–Crippen MR) is 168 cm³/mol. The number of carbonyl (C=O) groups is 1. The van der Waals surface area contributed by atoms with Crippen molar-refractivity contribution >= 4 is 54.2 Å². The monoisotopic (exact) mass is 607 g/mol. The van der Waals surface area contributed by atoms with Crippen molar-refractivity contribution in [2.45, 2.75) is 33.3 Å². The van der Waals surface area contributed by atoms with Gasteiger partial charge < -0.3 is 19.2 Å². The summed E-state index contributed by atoms with van der Waals surface area (Å²) < 4.78 is 18.8. The number of methoxy groups -OCH3 is 1. The summed E-state index contributed by atoms with van der Waals surface area (Å²) in [6, 6.07) is 25.6. The Hall–Kier alpha value is -3.36. The zero-order valence-electron chi connectivity index (χ0n) is 23.5. The van der Waals surface area contributed by atoms with E-state index in [9.17, 15) is 4.79 Å². The molecule has 1 aromatic heterocycles. The Kier molecular flexibility index (Phi) is 10.5. The standard InChI is InChI=1S/C32H33Cl2N2O4Si/c1-32(2,3)18-23(21-39-41(24-11-7-5-8-12-24)25-13-9-6-10-14-25)40-29-17-22(15-16-28(29)38-4)31(37)36-30-26(33)19-35-20-27(30)34/h5-17,19-20,23H,18,21H2,1-4H3,(H,35,36,37). The summed E-state index contributed by atoms with van der Waals surface area (Å²) in [5.41, 5.74) is 0.609. The number of aromatic nitrogens is 1. The van der Waals surface area contributed by atoms with Crippen LogP contribution in [-0.4, -0.2) is 39.8 Å². The molecule has 0 aliphatic rings. The van der Waals surface area contributed by atoms with E-state index in [0.717, 1.165) is 10.4 Å². The van der Waals surface area contributed by atoms with Crippen LogP contribution in [0.1, 0.15) is 37.6 Å². The van der Waals surface area contributed by atoms with Crippen LogP contribution in [0.2, 0.25) is 10.0 Å². The lowest BCUT2D eigenvalue weighted by atomic mass is 9.89. The highest BCUT2D eigenvalue weighted by atomic mass is 35.5. The number of rotatable bonds is 11. The van der Waals surface area contributed by atoms with Gasteiger partial charge in [-0.25, -0.2) is 0 Å². The second kappa shape index (κ2) is 14.0. The van der Waals surface area contributed by atoms with Crippen LogP contribution >= 0.6 is 23.2 Å². The Morgan fingerprint density at radius 1 is 0.902 bits per heavy atom. The number of anilines is 1. The first-order valence-corrected chi connectivity index (χ1v) is 15.4. The van der Waals surface area contributed by atoms with Crippen LogP contribution in [0.25, 0.3) is 0 Å². The van der Waals surface area contributed by atoms with Gasteiger partial charge in [0.2, 0.25) is 0 Å². The minimum absolute atomic E-state index is 0.0442. The van der Waals surface area contributed by atoms with Gasteiger partial charge in [0.1, 0.15) is 6.10 Å². The van der Waals surface area contributed by atoms with Crippen molar-refractivity contribution < 1.29 is 18.7 Å². The third-order valence-electron chi connectivity index (χ3n) is 6.14. The lowest BCUT2D eigenvalue weighted by Crippen LogP contribution is -2.47. The molecule has 6 nitrogen and oxygen atoms in total. The van der Waals surface area contributed by atoms with Crippen LogP contribution in [0.15, 0.2) is 91.3 Å². The highest BCUT2D eigenvalue weighted by Gasteiger charge is 2.26. The number of amides is 1. The van der Waals surface area contributed by atoms with Crippen molar-refractivity contribution in [2.75, 3.05) is 19.0 Å². The smallest absolute Gasteiger partial charge is 0.283 e. The SMILES string of the molecule is COc1ccc(C(=O)Nc2c(Cl)cncc2Cl)cc1OC(CO[Si](c1ccccc1)c1ccccc1)CC(C)(C)C. The Bertz CT molecular complexity index is 1390. The number of carbonyl (C=O) groups excluding carboxylic acids is 1. The fourth-order valence-electron chi connectivity index (χ4n) is 4.31. The molecule has 1 atom stereocenters. The molecule has 41 heavy (non-hydrogen) atoms. The summed E-state index contributed by atoms with van der Waals surface area (Å²) in [4.78, 5) is 17.1. The van der Waals surface area contributed by atoms with Crippen LogP contribution in [0.4, 0.5) is 5.69 Å². The molecule has 1 unspecified atom stereocenters. The molecule has 1 radical (unpaired) electrons. The number of nitrogens with one attached hydrogen (secondary N) is 1. The molecule has 0 spiro atoms. The summed E-state index contributed by atoms with van der Waals surface area (Å²) in [7, 11) is 0.0436. The fraction of sp³-hybridized carbons (Fsp3) is 0.250. The van der Waals surface area contributed by atoms with Gasteiger partial charge in [0, 0.05) is 18.0 Å². The maximum Gasteiger partial charge on any atom is 0.283 e. The molecule has 213 valence electrons. The molecule has 1 N–H and O–H groups in total. The van der Waals surface area contributed by atoms with Crippen molar-refractivity contribution in [3.63, 3.8) is 0 Å². The van der Waals surface area contributed by atoms with Gasteiger partial charge in [0.05, 0.1) is 29.4 Å². The van der Waals surface area contributed by atoms with Crippen molar-refractivity contribution in [1.29, 1.82) is 0 Å². The lowest BCUT2D eigenvalue weighted by Gasteiger charge is -2.29. The summed E-state index contributed by atoms with van der Waals surface area (Å²) in [6.45, 7) is 6.84. The molecule has 0 bridgehead atoms. The van der Waals surface area contributed by atoms with Crippen LogP contribution in [0.3, 0.4) is 0 Å². The molecular weight excluding hydrogens is 575 g/mol. The fourth-order valence-corrected chi connectivity index (χ4v) is 6.78. The number of hydrogen-bond donors (Lipinski definition) is 1. The highest BCUT2D eigenvalue weighted by molar-refractivity contribution is 6.80. The largest absolute Gasteiger partial charge is 0.493 e. The van der Waals surface area contributed by atoms with E-state index in [4.69, 9.17) is 37.1 Å². The quantitative estimate of drug-likeness (QED) is 0.193.